The summed E-state index contributed by atoms with van der Waals surface area (Å²) in [5.74, 6) is 0. The zero-order valence-electron chi connectivity index (χ0n) is 13.1. The molecule has 0 aromatic heterocycles. The minimum atomic E-state index is -0.396. The molecule has 0 radical (unpaired) electrons. The average molecular weight is 310 g/mol. The van der Waals surface area contributed by atoms with Gasteiger partial charge in [0.15, 0.2) is 0 Å². The molecular weight excluding hydrogens is 288 g/mol. The van der Waals surface area contributed by atoms with Gasteiger partial charge in [0, 0.05) is 13.1 Å². The van der Waals surface area contributed by atoms with Crippen LogP contribution < -0.4 is 11.1 Å². The van der Waals surface area contributed by atoms with E-state index in [-0.39, 0.29) is 6.61 Å². The molecule has 4 heteroatoms. The Morgan fingerprint density at radius 2 is 1.87 bits per heavy atom. The molecular formula is C19H22N2O2. The van der Waals surface area contributed by atoms with Crippen molar-refractivity contribution < 1.29 is 9.53 Å². The molecule has 4 nitrogen and oxygen atoms in total. The van der Waals surface area contributed by atoms with Crippen LogP contribution in [0.25, 0.3) is 6.08 Å². The van der Waals surface area contributed by atoms with Crippen LogP contribution in [-0.4, -0.2) is 12.6 Å². The topological polar surface area (TPSA) is 64.3 Å². The summed E-state index contributed by atoms with van der Waals surface area (Å²) in [6.45, 7) is 1.37. The van der Waals surface area contributed by atoms with Crippen molar-refractivity contribution in [1.29, 1.82) is 0 Å². The molecule has 0 aliphatic rings. The summed E-state index contributed by atoms with van der Waals surface area (Å²) in [5, 5.41) is 2.73. The standard InChI is InChI=1S/C19H22N2O2/c20-14-18-11-6-10-16(13-18)7-4-5-12-21-19(22)23-15-17-8-2-1-3-9-17/h1-4,6-11,13H,5,12,14-15,20H2,(H,21,22). The third kappa shape index (κ3) is 6.36. The molecule has 0 heterocycles. The number of hydrogen-bond donors (Lipinski definition) is 2. The Morgan fingerprint density at radius 1 is 1.09 bits per heavy atom. The Hall–Kier alpha value is -2.59. The maximum absolute atomic E-state index is 11.6. The number of alkyl carbamates (subject to hydrolysis) is 1. The second-order valence-corrected chi connectivity index (χ2v) is 5.13. The summed E-state index contributed by atoms with van der Waals surface area (Å²) >= 11 is 0. The van der Waals surface area contributed by atoms with Gasteiger partial charge in [-0.1, -0.05) is 66.7 Å². The van der Waals surface area contributed by atoms with Crippen LogP contribution in [0.1, 0.15) is 23.1 Å². The Kier molecular flexibility index (Phi) is 6.88. The third-order valence-electron chi connectivity index (χ3n) is 3.29. The van der Waals surface area contributed by atoms with Crippen molar-refractivity contribution in [1.82, 2.24) is 5.32 Å². The van der Waals surface area contributed by atoms with Gasteiger partial charge >= 0.3 is 6.09 Å². The lowest BCUT2D eigenvalue weighted by Crippen LogP contribution is -2.24. The summed E-state index contributed by atoms with van der Waals surface area (Å²) < 4.78 is 5.14. The van der Waals surface area contributed by atoms with Gasteiger partial charge in [0.05, 0.1) is 0 Å². The number of carbonyl (C=O) groups excluding carboxylic acids is 1. The molecule has 0 bridgehead atoms. The predicted molar refractivity (Wildman–Crippen MR) is 92.6 cm³/mol. The summed E-state index contributed by atoms with van der Waals surface area (Å²) in [7, 11) is 0. The van der Waals surface area contributed by atoms with E-state index in [2.05, 4.69) is 11.4 Å². The highest BCUT2D eigenvalue weighted by Gasteiger charge is 2.00. The lowest BCUT2D eigenvalue weighted by molar-refractivity contribution is 0.140. The quantitative estimate of drug-likeness (QED) is 0.770. The van der Waals surface area contributed by atoms with Crippen molar-refractivity contribution in [2.45, 2.75) is 19.6 Å². The van der Waals surface area contributed by atoms with Crippen molar-refractivity contribution in [3.05, 3.63) is 77.4 Å². The van der Waals surface area contributed by atoms with Gasteiger partial charge in [0.2, 0.25) is 0 Å². The van der Waals surface area contributed by atoms with Gasteiger partial charge in [-0.05, 0) is 23.1 Å². The monoisotopic (exact) mass is 310 g/mol. The van der Waals surface area contributed by atoms with Crippen LogP contribution in [0.15, 0.2) is 60.7 Å². The van der Waals surface area contributed by atoms with E-state index < -0.39 is 6.09 Å². The van der Waals surface area contributed by atoms with E-state index in [0.29, 0.717) is 13.1 Å². The van der Waals surface area contributed by atoms with Gasteiger partial charge in [-0.3, -0.25) is 0 Å². The molecule has 2 aromatic carbocycles. The fourth-order valence-electron chi connectivity index (χ4n) is 2.07. The number of hydrogen-bond acceptors (Lipinski definition) is 3. The van der Waals surface area contributed by atoms with Crippen LogP contribution in [0.4, 0.5) is 4.79 Å². The largest absolute Gasteiger partial charge is 0.445 e. The minimum Gasteiger partial charge on any atom is -0.445 e. The number of nitrogens with two attached hydrogens (primary N) is 1. The third-order valence-corrected chi connectivity index (χ3v) is 3.29. The summed E-state index contributed by atoms with van der Waals surface area (Å²) in [4.78, 5) is 11.6. The highest BCUT2D eigenvalue weighted by Crippen LogP contribution is 2.07. The Balaban J connectivity index is 1.64. The molecule has 0 saturated carbocycles. The molecule has 0 atom stereocenters. The van der Waals surface area contributed by atoms with E-state index in [4.69, 9.17) is 10.5 Å². The maximum Gasteiger partial charge on any atom is 0.407 e. The molecule has 2 rings (SSSR count). The van der Waals surface area contributed by atoms with Crippen molar-refractivity contribution in [2.75, 3.05) is 6.54 Å². The lowest BCUT2D eigenvalue weighted by atomic mass is 10.1. The van der Waals surface area contributed by atoms with Crippen LogP contribution in [0, 0.1) is 0 Å². The fourth-order valence-corrected chi connectivity index (χ4v) is 2.07. The molecule has 0 aliphatic heterocycles. The summed E-state index contributed by atoms with van der Waals surface area (Å²) in [5.41, 5.74) is 8.80. The second kappa shape index (κ2) is 9.43. The van der Waals surface area contributed by atoms with Crippen molar-refractivity contribution in [3.8, 4) is 0 Å². The van der Waals surface area contributed by atoms with E-state index in [1.165, 1.54) is 0 Å². The first-order valence-electron chi connectivity index (χ1n) is 7.68. The smallest absolute Gasteiger partial charge is 0.407 e. The minimum absolute atomic E-state index is 0.286. The number of rotatable bonds is 7. The number of amides is 1. The zero-order chi connectivity index (χ0) is 16.3. The molecule has 0 saturated heterocycles. The Morgan fingerprint density at radius 3 is 2.65 bits per heavy atom. The molecule has 3 N–H and O–H groups in total. The van der Waals surface area contributed by atoms with E-state index >= 15 is 0 Å². The first-order chi connectivity index (χ1) is 11.3. The molecule has 0 aliphatic carbocycles. The zero-order valence-corrected chi connectivity index (χ0v) is 13.1. The second-order valence-electron chi connectivity index (χ2n) is 5.13. The van der Waals surface area contributed by atoms with Gasteiger partial charge in [0.1, 0.15) is 6.61 Å². The summed E-state index contributed by atoms with van der Waals surface area (Å²) in [6.07, 6.45) is 4.39. The highest BCUT2D eigenvalue weighted by molar-refractivity contribution is 5.67. The molecule has 23 heavy (non-hydrogen) atoms. The van der Waals surface area contributed by atoms with Gasteiger partial charge in [-0.25, -0.2) is 4.79 Å². The first kappa shape index (κ1) is 16.8. The molecule has 0 fully saturated rings. The van der Waals surface area contributed by atoms with Crippen LogP contribution >= 0.6 is 0 Å². The van der Waals surface area contributed by atoms with Crippen LogP contribution in [-0.2, 0) is 17.9 Å². The molecule has 1 amide bonds. The van der Waals surface area contributed by atoms with Crippen LogP contribution in [0.5, 0.6) is 0 Å². The SMILES string of the molecule is NCc1cccc(C=CCCNC(=O)OCc2ccccc2)c1. The number of benzene rings is 2. The highest BCUT2D eigenvalue weighted by atomic mass is 16.5. The van der Waals surface area contributed by atoms with Crippen molar-refractivity contribution in [2.24, 2.45) is 5.73 Å². The van der Waals surface area contributed by atoms with Crippen LogP contribution in [0.3, 0.4) is 0 Å². The van der Waals surface area contributed by atoms with E-state index in [1.807, 2.05) is 60.7 Å². The van der Waals surface area contributed by atoms with Crippen LogP contribution in [0.2, 0.25) is 0 Å². The summed E-state index contributed by atoms with van der Waals surface area (Å²) in [6, 6.07) is 17.7. The van der Waals surface area contributed by atoms with E-state index in [9.17, 15) is 4.79 Å². The van der Waals surface area contributed by atoms with Crippen molar-refractivity contribution >= 4 is 12.2 Å². The van der Waals surface area contributed by atoms with Gasteiger partial charge < -0.3 is 15.8 Å². The normalized spacial score (nSPS) is 10.7. The molecule has 0 spiro atoms. The van der Waals surface area contributed by atoms with E-state index in [0.717, 1.165) is 23.1 Å². The number of nitrogens with one attached hydrogen (secondary N) is 1. The first-order valence-corrected chi connectivity index (χ1v) is 7.68. The van der Waals surface area contributed by atoms with Gasteiger partial charge in [-0.2, -0.15) is 0 Å². The maximum atomic E-state index is 11.6. The number of carbonyl (C=O) groups is 1. The predicted octanol–water partition coefficient (Wildman–Crippen LogP) is 3.48. The average Bonchev–Trinajstić information content (AvgIpc) is 2.61. The van der Waals surface area contributed by atoms with Gasteiger partial charge in [0.25, 0.3) is 0 Å². The van der Waals surface area contributed by atoms with Crippen molar-refractivity contribution in [3.63, 3.8) is 0 Å². The Labute approximate surface area is 137 Å². The Bertz CT molecular complexity index is 639. The molecule has 0 unspecified atom stereocenters. The molecule has 2 aromatic rings. The van der Waals surface area contributed by atoms with E-state index in [1.54, 1.807) is 0 Å². The fraction of sp³-hybridized carbons (Fsp3) is 0.211. The molecule has 120 valence electrons. The van der Waals surface area contributed by atoms with Gasteiger partial charge in [-0.15, -0.1) is 0 Å². The number of ether oxygens (including phenoxy) is 1. The lowest BCUT2D eigenvalue weighted by Gasteiger charge is -2.05.